The molecule has 0 saturated heterocycles. The van der Waals surface area contributed by atoms with Crippen molar-refractivity contribution < 1.29 is 17.9 Å². The lowest BCUT2D eigenvalue weighted by Gasteiger charge is -2.24. The fraction of sp³-hybridized carbons (Fsp3) is 0.316. The Morgan fingerprint density at radius 2 is 1.93 bits per heavy atom. The number of hydrogen-bond donors (Lipinski definition) is 2. The van der Waals surface area contributed by atoms with E-state index in [2.05, 4.69) is 5.32 Å². The first-order valence-corrected chi connectivity index (χ1v) is 10.1. The summed E-state index contributed by atoms with van der Waals surface area (Å²) < 4.78 is 28.6. The molecule has 0 spiro atoms. The van der Waals surface area contributed by atoms with Gasteiger partial charge in [-0.3, -0.25) is 9.69 Å². The minimum absolute atomic E-state index is 0.0482. The molecule has 0 aliphatic heterocycles. The first-order valence-electron chi connectivity index (χ1n) is 8.51. The van der Waals surface area contributed by atoms with Crippen LogP contribution in [0.2, 0.25) is 0 Å². The molecule has 1 amide bonds. The van der Waals surface area contributed by atoms with E-state index in [1.54, 1.807) is 13.0 Å². The zero-order valence-corrected chi connectivity index (χ0v) is 16.5. The highest BCUT2D eigenvalue weighted by Crippen LogP contribution is 2.17. The summed E-state index contributed by atoms with van der Waals surface area (Å²) in [7, 11) is -1.99. The topological polar surface area (TPSA) is 102 Å². The number of para-hydroxylation sites is 1. The molecule has 2 aromatic rings. The summed E-state index contributed by atoms with van der Waals surface area (Å²) in [6.45, 7) is 4.75. The second-order valence-corrected chi connectivity index (χ2v) is 7.89. The zero-order valence-electron chi connectivity index (χ0n) is 15.7. The number of primary sulfonamides is 1. The highest BCUT2D eigenvalue weighted by atomic mass is 32.2. The quantitative estimate of drug-likeness (QED) is 0.716. The molecule has 0 saturated carbocycles. The van der Waals surface area contributed by atoms with Gasteiger partial charge in [0.15, 0.2) is 0 Å². The second kappa shape index (κ2) is 8.98. The molecule has 0 aromatic heterocycles. The van der Waals surface area contributed by atoms with Crippen LogP contribution in [0, 0.1) is 6.92 Å². The Balaban J connectivity index is 1.90. The molecule has 0 bridgehead atoms. The molecule has 2 aromatic carbocycles. The minimum Gasteiger partial charge on any atom is -0.492 e. The van der Waals surface area contributed by atoms with Gasteiger partial charge >= 0.3 is 0 Å². The van der Waals surface area contributed by atoms with E-state index >= 15 is 0 Å². The number of carbonyl (C=O) groups is 1. The normalized spacial score (nSPS) is 12.6. The largest absolute Gasteiger partial charge is 0.492 e. The van der Waals surface area contributed by atoms with Gasteiger partial charge < -0.3 is 10.1 Å². The summed E-state index contributed by atoms with van der Waals surface area (Å²) in [5, 5.41) is 7.83. The summed E-state index contributed by atoms with van der Waals surface area (Å²) >= 11 is 0. The highest BCUT2D eigenvalue weighted by molar-refractivity contribution is 7.89. The third kappa shape index (κ3) is 6.06. The number of carbonyl (C=O) groups excluding carboxylic acids is 1. The van der Waals surface area contributed by atoms with Crippen molar-refractivity contribution in [1.29, 1.82) is 0 Å². The second-order valence-electron chi connectivity index (χ2n) is 6.33. The highest BCUT2D eigenvalue weighted by Gasteiger charge is 2.19. The van der Waals surface area contributed by atoms with E-state index < -0.39 is 16.1 Å². The molecular formula is C19H25N3O4S. The Labute approximate surface area is 160 Å². The van der Waals surface area contributed by atoms with Crippen LogP contribution < -0.4 is 15.2 Å². The van der Waals surface area contributed by atoms with E-state index in [1.807, 2.05) is 43.1 Å². The van der Waals surface area contributed by atoms with Gasteiger partial charge in [0.05, 0.1) is 10.9 Å². The molecule has 0 aliphatic rings. The summed E-state index contributed by atoms with van der Waals surface area (Å²) in [6.07, 6.45) is 0. The summed E-state index contributed by atoms with van der Waals surface area (Å²) in [4.78, 5) is 14.2. The summed E-state index contributed by atoms with van der Waals surface area (Å²) in [5.74, 6) is 0.572. The Morgan fingerprint density at radius 3 is 2.59 bits per heavy atom. The molecule has 146 valence electrons. The maximum atomic E-state index is 12.4. The number of likely N-dealkylation sites (N-methyl/N-ethyl adjacent to an activating group) is 1. The van der Waals surface area contributed by atoms with Gasteiger partial charge in [-0.05, 0) is 50.7 Å². The molecule has 1 unspecified atom stereocenters. The number of hydrogen-bond acceptors (Lipinski definition) is 5. The Bertz CT molecular complexity index is 899. The van der Waals surface area contributed by atoms with Gasteiger partial charge in [0, 0.05) is 12.2 Å². The number of amides is 1. The molecule has 1 atom stereocenters. The molecule has 3 N–H and O–H groups in total. The molecule has 0 heterocycles. The van der Waals surface area contributed by atoms with Crippen molar-refractivity contribution in [2.45, 2.75) is 24.8 Å². The van der Waals surface area contributed by atoms with Crippen molar-refractivity contribution in [3.05, 3.63) is 54.1 Å². The first-order chi connectivity index (χ1) is 12.7. The summed E-state index contributed by atoms with van der Waals surface area (Å²) in [6, 6.07) is 13.2. The van der Waals surface area contributed by atoms with Gasteiger partial charge in [-0.15, -0.1) is 0 Å². The number of aryl methyl sites for hydroxylation is 1. The van der Waals surface area contributed by atoms with Crippen LogP contribution in [0.1, 0.15) is 12.5 Å². The van der Waals surface area contributed by atoms with Gasteiger partial charge in [0.1, 0.15) is 12.4 Å². The number of anilines is 1. The fourth-order valence-electron chi connectivity index (χ4n) is 2.41. The average Bonchev–Trinajstić information content (AvgIpc) is 2.62. The molecular weight excluding hydrogens is 366 g/mol. The van der Waals surface area contributed by atoms with Gasteiger partial charge in [-0.2, -0.15) is 0 Å². The van der Waals surface area contributed by atoms with Gasteiger partial charge in [-0.25, -0.2) is 13.6 Å². The average molecular weight is 391 g/mol. The number of nitrogens with one attached hydrogen (secondary N) is 1. The lowest BCUT2D eigenvalue weighted by atomic mass is 10.2. The first kappa shape index (κ1) is 20.9. The molecule has 27 heavy (non-hydrogen) atoms. The van der Waals surface area contributed by atoms with Crippen LogP contribution in [0.5, 0.6) is 5.75 Å². The molecule has 8 heteroatoms. The van der Waals surface area contributed by atoms with E-state index in [9.17, 15) is 13.2 Å². The number of nitrogens with two attached hydrogens (primary N) is 1. The monoisotopic (exact) mass is 391 g/mol. The lowest BCUT2D eigenvalue weighted by Crippen LogP contribution is -2.41. The number of sulfonamides is 1. The van der Waals surface area contributed by atoms with Gasteiger partial charge in [0.2, 0.25) is 15.9 Å². The van der Waals surface area contributed by atoms with Crippen LogP contribution in [0.4, 0.5) is 5.69 Å². The van der Waals surface area contributed by atoms with E-state index in [1.165, 1.54) is 18.2 Å². The fourth-order valence-corrected chi connectivity index (χ4v) is 2.97. The van der Waals surface area contributed by atoms with E-state index in [0.717, 1.165) is 11.3 Å². The molecule has 0 radical (unpaired) electrons. The van der Waals surface area contributed by atoms with E-state index in [4.69, 9.17) is 9.88 Å². The van der Waals surface area contributed by atoms with Crippen molar-refractivity contribution in [2.75, 3.05) is 25.5 Å². The molecule has 7 nitrogen and oxygen atoms in total. The van der Waals surface area contributed by atoms with Gasteiger partial charge in [0.25, 0.3) is 0 Å². The zero-order chi connectivity index (χ0) is 20.0. The number of ether oxygens (including phenoxy) is 1. The Hall–Kier alpha value is -2.42. The standard InChI is InChI=1S/C19H25N3O4S/c1-14-7-4-5-10-18(14)26-12-11-22(3)15(2)19(23)21-16-8-6-9-17(13-16)27(20,24)25/h4-10,13,15H,11-12H2,1-3H3,(H,21,23)(H2,20,24,25). The van der Waals surface area contributed by atoms with Crippen LogP contribution in [0.15, 0.2) is 53.4 Å². The third-order valence-corrected chi connectivity index (χ3v) is 5.18. The third-order valence-electron chi connectivity index (χ3n) is 4.27. The number of nitrogens with zero attached hydrogens (tertiary/aromatic N) is 1. The van der Waals surface area contributed by atoms with Gasteiger partial charge in [-0.1, -0.05) is 24.3 Å². The Morgan fingerprint density at radius 1 is 1.22 bits per heavy atom. The van der Waals surface area contributed by atoms with Crippen molar-refractivity contribution in [3.63, 3.8) is 0 Å². The smallest absolute Gasteiger partial charge is 0.241 e. The minimum atomic E-state index is -3.82. The Kier molecular flexibility index (Phi) is 6.95. The van der Waals surface area contributed by atoms with Crippen molar-refractivity contribution in [2.24, 2.45) is 5.14 Å². The molecule has 0 aliphatic carbocycles. The van der Waals surface area contributed by atoms with Crippen LogP contribution in [-0.4, -0.2) is 45.5 Å². The summed E-state index contributed by atoms with van der Waals surface area (Å²) in [5.41, 5.74) is 1.43. The predicted molar refractivity (Wildman–Crippen MR) is 105 cm³/mol. The van der Waals surface area contributed by atoms with Crippen molar-refractivity contribution in [3.8, 4) is 5.75 Å². The molecule has 0 fully saturated rings. The van der Waals surface area contributed by atoms with Crippen LogP contribution in [0.3, 0.4) is 0 Å². The molecule has 2 rings (SSSR count). The number of rotatable bonds is 8. The SMILES string of the molecule is Cc1ccccc1OCCN(C)C(C)C(=O)Nc1cccc(S(N)(=O)=O)c1. The van der Waals surface area contributed by atoms with Crippen LogP contribution in [0.25, 0.3) is 0 Å². The van der Waals surface area contributed by atoms with Crippen LogP contribution >= 0.6 is 0 Å². The van der Waals surface area contributed by atoms with E-state index in [0.29, 0.717) is 18.8 Å². The predicted octanol–water partition coefficient (Wildman–Crippen LogP) is 1.98. The van der Waals surface area contributed by atoms with Crippen molar-refractivity contribution in [1.82, 2.24) is 4.90 Å². The maximum absolute atomic E-state index is 12.4. The van der Waals surface area contributed by atoms with Crippen LogP contribution in [-0.2, 0) is 14.8 Å². The van der Waals surface area contributed by atoms with E-state index in [-0.39, 0.29) is 10.8 Å². The number of benzene rings is 2. The lowest BCUT2D eigenvalue weighted by molar-refractivity contribution is -0.120. The maximum Gasteiger partial charge on any atom is 0.241 e. The van der Waals surface area contributed by atoms with Crippen molar-refractivity contribution >= 4 is 21.6 Å².